The third-order valence-corrected chi connectivity index (χ3v) is 4.84. The summed E-state index contributed by atoms with van der Waals surface area (Å²) in [6.07, 6.45) is 0. The van der Waals surface area contributed by atoms with Crippen molar-refractivity contribution >= 4 is 58.0 Å². The van der Waals surface area contributed by atoms with Gasteiger partial charge in [0.1, 0.15) is 0 Å². The van der Waals surface area contributed by atoms with Gasteiger partial charge in [-0.25, -0.2) is 0 Å². The van der Waals surface area contributed by atoms with Gasteiger partial charge in [-0.1, -0.05) is 58.5 Å². The average Bonchev–Trinajstić information content (AvgIpc) is 2.58. The largest absolute Gasteiger partial charge is 0.395 e. The zero-order valence-electron chi connectivity index (χ0n) is 13.0. The van der Waals surface area contributed by atoms with Crippen LogP contribution >= 0.6 is 58.0 Å². The van der Waals surface area contributed by atoms with Crippen molar-refractivity contribution in [1.82, 2.24) is 5.32 Å². The summed E-state index contributed by atoms with van der Waals surface area (Å²) in [5.41, 5.74) is 2.04. The van der Waals surface area contributed by atoms with Gasteiger partial charge < -0.3 is 10.4 Å². The molecule has 2 nitrogen and oxygen atoms in total. The lowest BCUT2D eigenvalue weighted by atomic mass is 10.2. The molecular formula is C17H18Cl5NO. The first-order valence-electron chi connectivity index (χ1n) is 7.15. The molecule has 1 atom stereocenters. The average molecular weight is 430 g/mol. The molecule has 132 valence electrons. The molecule has 0 spiro atoms. The van der Waals surface area contributed by atoms with Gasteiger partial charge in [0.25, 0.3) is 0 Å². The van der Waals surface area contributed by atoms with Gasteiger partial charge in [-0.15, -0.1) is 11.6 Å². The summed E-state index contributed by atoms with van der Waals surface area (Å²) < 4.78 is 0. The van der Waals surface area contributed by atoms with E-state index in [9.17, 15) is 0 Å². The van der Waals surface area contributed by atoms with Crippen LogP contribution in [0.3, 0.4) is 0 Å². The normalized spacial score (nSPS) is 11.6. The van der Waals surface area contributed by atoms with E-state index in [4.69, 9.17) is 63.1 Å². The van der Waals surface area contributed by atoms with Gasteiger partial charge in [-0.05, 0) is 42.3 Å². The summed E-state index contributed by atoms with van der Waals surface area (Å²) >= 11 is 28.5. The Labute approximate surface area is 167 Å². The zero-order valence-corrected chi connectivity index (χ0v) is 16.8. The first kappa shape index (κ1) is 21.9. The van der Waals surface area contributed by atoms with Crippen molar-refractivity contribution in [2.24, 2.45) is 0 Å². The molecule has 0 aliphatic rings. The van der Waals surface area contributed by atoms with Crippen molar-refractivity contribution in [3.05, 3.63) is 67.6 Å². The number of halogens is 5. The fraction of sp³-hybridized carbons (Fsp3) is 0.294. The first-order chi connectivity index (χ1) is 11.4. The molecule has 1 unspecified atom stereocenters. The standard InChI is InChI=1S/C10H13Cl2NO.C7H5Cl3/c1-7(6-14)13-5-8-2-3-9(11)10(12)4-8;8-4-5-1-2-6(9)7(10)3-5/h2-4,7,13-14H,5-6H2,1H3;1-3H,4H2. The Bertz CT molecular complexity index is 651. The van der Waals surface area contributed by atoms with Gasteiger partial charge in [-0.3, -0.25) is 0 Å². The van der Waals surface area contributed by atoms with E-state index in [1.54, 1.807) is 18.2 Å². The predicted molar refractivity (Wildman–Crippen MR) is 106 cm³/mol. The minimum Gasteiger partial charge on any atom is -0.395 e. The molecule has 2 aromatic rings. The fourth-order valence-corrected chi connectivity index (χ4v) is 2.44. The molecule has 2 N–H and O–H groups in total. The van der Waals surface area contributed by atoms with Crippen LogP contribution < -0.4 is 5.32 Å². The van der Waals surface area contributed by atoms with Gasteiger partial charge in [0.15, 0.2) is 0 Å². The van der Waals surface area contributed by atoms with Gasteiger partial charge >= 0.3 is 0 Å². The zero-order chi connectivity index (χ0) is 18.1. The van der Waals surface area contributed by atoms with E-state index >= 15 is 0 Å². The van der Waals surface area contributed by atoms with Crippen LogP contribution in [0.15, 0.2) is 36.4 Å². The van der Waals surface area contributed by atoms with Gasteiger partial charge in [0.05, 0.1) is 26.7 Å². The van der Waals surface area contributed by atoms with Crippen LogP contribution in [-0.4, -0.2) is 17.8 Å². The summed E-state index contributed by atoms with van der Waals surface area (Å²) in [5, 5.41) is 14.2. The molecular weight excluding hydrogens is 411 g/mol. The monoisotopic (exact) mass is 427 g/mol. The summed E-state index contributed by atoms with van der Waals surface area (Å²) in [6.45, 7) is 2.72. The highest BCUT2D eigenvalue weighted by molar-refractivity contribution is 6.42. The number of nitrogens with one attached hydrogen (secondary N) is 1. The lowest BCUT2D eigenvalue weighted by Crippen LogP contribution is -2.28. The molecule has 2 rings (SSSR count). The van der Waals surface area contributed by atoms with Crippen LogP contribution in [0, 0.1) is 0 Å². The Morgan fingerprint density at radius 3 is 1.83 bits per heavy atom. The highest BCUT2D eigenvalue weighted by atomic mass is 35.5. The van der Waals surface area contributed by atoms with E-state index in [-0.39, 0.29) is 12.6 Å². The predicted octanol–water partition coefficient (Wildman–Crippen LogP) is 6.20. The second-order valence-electron chi connectivity index (χ2n) is 5.10. The van der Waals surface area contributed by atoms with E-state index < -0.39 is 0 Å². The number of benzene rings is 2. The smallest absolute Gasteiger partial charge is 0.0595 e. The van der Waals surface area contributed by atoms with Gasteiger partial charge in [0.2, 0.25) is 0 Å². The van der Waals surface area contributed by atoms with E-state index in [0.29, 0.717) is 32.5 Å². The van der Waals surface area contributed by atoms with Crippen molar-refractivity contribution in [2.45, 2.75) is 25.4 Å². The third-order valence-electron chi connectivity index (χ3n) is 3.05. The Hall–Kier alpha value is -0.190. The Morgan fingerprint density at radius 2 is 1.38 bits per heavy atom. The quantitative estimate of drug-likeness (QED) is 0.555. The summed E-state index contributed by atoms with van der Waals surface area (Å²) in [7, 11) is 0. The summed E-state index contributed by atoms with van der Waals surface area (Å²) in [4.78, 5) is 0. The van der Waals surface area contributed by atoms with Crippen LogP contribution in [0.25, 0.3) is 0 Å². The molecule has 0 heterocycles. The van der Waals surface area contributed by atoms with Crippen molar-refractivity contribution in [3.8, 4) is 0 Å². The minimum atomic E-state index is 0.0875. The Balaban J connectivity index is 0.000000254. The van der Waals surface area contributed by atoms with Crippen LogP contribution in [0.2, 0.25) is 20.1 Å². The molecule has 0 aliphatic heterocycles. The minimum absolute atomic E-state index is 0.0875. The number of hydrogen-bond donors (Lipinski definition) is 2. The van der Waals surface area contributed by atoms with Crippen molar-refractivity contribution in [2.75, 3.05) is 6.61 Å². The van der Waals surface area contributed by atoms with Gasteiger partial charge in [-0.2, -0.15) is 0 Å². The maximum Gasteiger partial charge on any atom is 0.0595 e. The van der Waals surface area contributed by atoms with Crippen molar-refractivity contribution in [3.63, 3.8) is 0 Å². The number of hydrogen-bond acceptors (Lipinski definition) is 2. The summed E-state index contributed by atoms with van der Waals surface area (Å²) in [5.74, 6) is 0.469. The molecule has 0 bridgehead atoms. The third kappa shape index (κ3) is 7.79. The molecule has 0 fully saturated rings. The summed E-state index contributed by atoms with van der Waals surface area (Å²) in [6, 6.07) is 10.9. The van der Waals surface area contributed by atoms with Crippen molar-refractivity contribution < 1.29 is 5.11 Å². The lowest BCUT2D eigenvalue weighted by molar-refractivity contribution is 0.251. The van der Waals surface area contributed by atoms with E-state index in [1.807, 2.05) is 25.1 Å². The van der Waals surface area contributed by atoms with E-state index in [1.165, 1.54) is 0 Å². The van der Waals surface area contributed by atoms with Crippen LogP contribution in [0.4, 0.5) is 0 Å². The van der Waals surface area contributed by atoms with E-state index in [2.05, 4.69) is 5.32 Å². The second kappa shape index (κ2) is 11.4. The first-order valence-corrected chi connectivity index (χ1v) is 9.20. The molecule has 0 saturated carbocycles. The lowest BCUT2D eigenvalue weighted by Gasteiger charge is -2.10. The molecule has 2 aromatic carbocycles. The second-order valence-corrected chi connectivity index (χ2v) is 6.99. The highest BCUT2D eigenvalue weighted by Gasteiger charge is 2.01. The number of aliphatic hydroxyl groups excluding tert-OH is 1. The van der Waals surface area contributed by atoms with Crippen LogP contribution in [-0.2, 0) is 12.4 Å². The van der Waals surface area contributed by atoms with Crippen molar-refractivity contribution in [1.29, 1.82) is 0 Å². The molecule has 0 radical (unpaired) electrons. The molecule has 7 heteroatoms. The molecule has 0 amide bonds. The highest BCUT2D eigenvalue weighted by Crippen LogP contribution is 2.23. The number of alkyl halides is 1. The maximum atomic E-state index is 8.80. The molecule has 0 saturated heterocycles. The number of aliphatic hydroxyl groups is 1. The fourth-order valence-electron chi connectivity index (χ4n) is 1.63. The molecule has 24 heavy (non-hydrogen) atoms. The van der Waals surface area contributed by atoms with Crippen LogP contribution in [0.5, 0.6) is 0 Å². The Morgan fingerprint density at radius 1 is 0.875 bits per heavy atom. The number of rotatable bonds is 5. The van der Waals surface area contributed by atoms with E-state index in [0.717, 1.165) is 11.1 Å². The molecule has 0 aromatic heterocycles. The van der Waals surface area contributed by atoms with Gasteiger partial charge in [0, 0.05) is 18.5 Å². The van der Waals surface area contributed by atoms with Crippen LogP contribution in [0.1, 0.15) is 18.1 Å². The maximum absolute atomic E-state index is 8.80. The molecule has 0 aliphatic carbocycles. The Kier molecular flexibility index (Phi) is 10.4. The SMILES string of the molecule is CC(CO)NCc1ccc(Cl)c(Cl)c1.ClCc1ccc(Cl)c(Cl)c1. The topological polar surface area (TPSA) is 32.3 Å².